The van der Waals surface area contributed by atoms with E-state index in [1.54, 1.807) is 0 Å². The quantitative estimate of drug-likeness (QED) is 0.610. The molecule has 0 unspecified atom stereocenters. The highest BCUT2D eigenvalue weighted by Gasteiger charge is 2.12. The normalized spacial score (nSPS) is 11.7. The van der Waals surface area contributed by atoms with Crippen molar-refractivity contribution in [2.24, 2.45) is 0 Å². The van der Waals surface area contributed by atoms with Crippen molar-refractivity contribution in [3.8, 4) is 0 Å². The zero-order valence-electron chi connectivity index (χ0n) is 5.23. The lowest BCUT2D eigenvalue weighted by molar-refractivity contribution is 0.342. The molecule has 1 aromatic rings. The van der Waals surface area contributed by atoms with Crippen molar-refractivity contribution in [3.05, 3.63) is 6.07 Å². The summed E-state index contributed by atoms with van der Waals surface area (Å²) >= 11 is 0. The van der Waals surface area contributed by atoms with Crippen LogP contribution in [0, 0.1) is 0 Å². The molecule has 5 nitrogen and oxygen atoms in total. The first-order valence-corrected chi connectivity index (χ1v) is 4.31. The van der Waals surface area contributed by atoms with E-state index in [1.165, 1.54) is 0 Å². The summed E-state index contributed by atoms with van der Waals surface area (Å²) in [5, 5.41) is 3.00. The van der Waals surface area contributed by atoms with Crippen molar-refractivity contribution in [3.63, 3.8) is 0 Å². The number of hydrogen-bond acceptors (Lipinski definition) is 5. The van der Waals surface area contributed by atoms with Gasteiger partial charge in [-0.05, 0) is 0 Å². The molecule has 0 spiro atoms. The van der Waals surface area contributed by atoms with Gasteiger partial charge in [-0.2, -0.15) is 0 Å². The fourth-order valence-electron chi connectivity index (χ4n) is 0.446. The summed E-state index contributed by atoms with van der Waals surface area (Å²) in [7, 11) is -3.29. The number of aromatic nitrogens is 1. The summed E-state index contributed by atoms with van der Waals surface area (Å²) < 4.78 is 25.7. The highest BCUT2D eigenvalue weighted by atomic mass is 32.2. The molecule has 2 N–H and O–H groups in total. The van der Waals surface area contributed by atoms with Crippen LogP contribution in [0.2, 0.25) is 0 Å². The average molecular weight is 162 g/mol. The average Bonchev–Trinajstić information content (AvgIpc) is 2.11. The number of hydrogen-bond donors (Lipinski definition) is 1. The van der Waals surface area contributed by atoms with Gasteiger partial charge in [0.25, 0.3) is 5.09 Å². The van der Waals surface area contributed by atoms with Crippen LogP contribution in [0.4, 0.5) is 5.82 Å². The Kier molecular flexibility index (Phi) is 1.40. The van der Waals surface area contributed by atoms with Crippen LogP contribution in [-0.2, 0) is 9.84 Å². The summed E-state index contributed by atoms with van der Waals surface area (Å²) in [6, 6.07) is 1.16. The van der Waals surface area contributed by atoms with E-state index in [0.29, 0.717) is 0 Å². The molecule has 0 saturated carbocycles. The number of nitrogens with two attached hydrogens (primary N) is 1. The first-order chi connectivity index (χ1) is 4.50. The molecule has 6 heteroatoms. The summed E-state index contributed by atoms with van der Waals surface area (Å²) in [5.41, 5.74) is 5.11. The van der Waals surface area contributed by atoms with Crippen LogP contribution in [0.15, 0.2) is 15.7 Å². The maximum Gasteiger partial charge on any atom is 0.252 e. The standard InChI is InChI=1S/C4H6N2O3S/c1-10(7,8)4-2-3(5)6-9-4/h2H,1H3,(H2,5,6). The molecule has 0 fully saturated rings. The molecular weight excluding hydrogens is 156 g/mol. The second kappa shape index (κ2) is 1.98. The Morgan fingerprint density at radius 2 is 2.30 bits per heavy atom. The maximum atomic E-state index is 10.7. The molecule has 0 saturated heterocycles. The first-order valence-electron chi connectivity index (χ1n) is 2.42. The minimum atomic E-state index is -3.29. The molecule has 1 aromatic heterocycles. The Hall–Kier alpha value is -1.04. The van der Waals surface area contributed by atoms with Crippen LogP contribution < -0.4 is 5.73 Å². The zero-order valence-corrected chi connectivity index (χ0v) is 6.05. The monoisotopic (exact) mass is 162 g/mol. The molecule has 0 amide bonds. The van der Waals surface area contributed by atoms with E-state index in [-0.39, 0.29) is 10.9 Å². The van der Waals surface area contributed by atoms with E-state index in [2.05, 4.69) is 9.68 Å². The second-order valence-corrected chi connectivity index (χ2v) is 3.79. The fraction of sp³-hybridized carbons (Fsp3) is 0.250. The predicted octanol–water partition coefficient (Wildman–Crippen LogP) is -0.340. The van der Waals surface area contributed by atoms with Crippen molar-refractivity contribution in [2.75, 3.05) is 12.0 Å². The molecule has 0 atom stereocenters. The number of anilines is 1. The first kappa shape index (κ1) is 7.07. The number of nitrogens with zero attached hydrogens (tertiary/aromatic N) is 1. The van der Waals surface area contributed by atoms with Gasteiger partial charge in [-0.15, -0.1) is 0 Å². The van der Waals surface area contributed by atoms with Crippen LogP contribution in [0.3, 0.4) is 0 Å². The van der Waals surface area contributed by atoms with E-state index in [4.69, 9.17) is 5.73 Å². The molecule has 0 aliphatic carbocycles. The van der Waals surface area contributed by atoms with Crippen LogP contribution in [0.1, 0.15) is 0 Å². The highest BCUT2D eigenvalue weighted by Crippen LogP contribution is 2.10. The third-order valence-corrected chi connectivity index (χ3v) is 1.80. The Morgan fingerprint density at radius 3 is 2.50 bits per heavy atom. The van der Waals surface area contributed by atoms with Gasteiger partial charge in [-0.3, -0.25) is 0 Å². The molecule has 1 rings (SSSR count). The third kappa shape index (κ3) is 1.27. The Labute approximate surface area is 57.7 Å². The lowest BCUT2D eigenvalue weighted by atomic mass is 10.7. The van der Waals surface area contributed by atoms with E-state index < -0.39 is 9.84 Å². The van der Waals surface area contributed by atoms with Gasteiger partial charge in [-0.1, -0.05) is 5.16 Å². The molecule has 0 radical (unpaired) electrons. The zero-order chi connectivity index (χ0) is 7.78. The second-order valence-electron chi connectivity index (χ2n) is 1.84. The molecule has 0 aromatic carbocycles. The van der Waals surface area contributed by atoms with Crippen molar-refractivity contribution in [1.82, 2.24) is 5.16 Å². The number of sulfone groups is 1. The molecular formula is C4H6N2O3S. The minimum absolute atomic E-state index is 0.0698. The van der Waals surface area contributed by atoms with Gasteiger partial charge < -0.3 is 10.3 Å². The predicted molar refractivity (Wildman–Crippen MR) is 34.0 cm³/mol. The highest BCUT2D eigenvalue weighted by molar-refractivity contribution is 7.90. The van der Waals surface area contributed by atoms with Gasteiger partial charge in [0.05, 0.1) is 0 Å². The van der Waals surface area contributed by atoms with Gasteiger partial charge >= 0.3 is 0 Å². The molecule has 0 aliphatic rings. The van der Waals surface area contributed by atoms with E-state index in [1.807, 2.05) is 0 Å². The van der Waals surface area contributed by atoms with Gasteiger partial charge in [0.1, 0.15) is 0 Å². The molecule has 1 heterocycles. The summed E-state index contributed by atoms with van der Waals surface area (Å²) in [6.45, 7) is 0. The van der Waals surface area contributed by atoms with E-state index >= 15 is 0 Å². The molecule has 10 heavy (non-hydrogen) atoms. The van der Waals surface area contributed by atoms with E-state index in [9.17, 15) is 8.42 Å². The number of nitrogen functional groups attached to an aromatic ring is 1. The minimum Gasteiger partial charge on any atom is -0.381 e. The SMILES string of the molecule is CS(=O)(=O)c1cc(N)no1. The van der Waals surface area contributed by atoms with Gasteiger partial charge in [0.2, 0.25) is 9.84 Å². The van der Waals surface area contributed by atoms with Crippen molar-refractivity contribution < 1.29 is 12.9 Å². The van der Waals surface area contributed by atoms with Gasteiger partial charge in [-0.25, -0.2) is 8.42 Å². The maximum absolute atomic E-state index is 10.7. The fourth-order valence-corrected chi connectivity index (χ4v) is 0.953. The van der Waals surface area contributed by atoms with Gasteiger partial charge in [0, 0.05) is 12.3 Å². The Balaban J connectivity index is 3.21. The third-order valence-electron chi connectivity index (χ3n) is 0.872. The molecule has 56 valence electrons. The lowest BCUT2D eigenvalue weighted by Crippen LogP contribution is -1.93. The van der Waals surface area contributed by atoms with Crippen molar-refractivity contribution in [2.45, 2.75) is 5.09 Å². The molecule has 0 aliphatic heterocycles. The summed E-state index contributed by atoms with van der Waals surface area (Å²) in [6.07, 6.45) is 1.02. The summed E-state index contributed by atoms with van der Waals surface area (Å²) in [5.74, 6) is 0.0698. The van der Waals surface area contributed by atoms with Crippen LogP contribution >= 0.6 is 0 Å². The van der Waals surface area contributed by atoms with E-state index in [0.717, 1.165) is 12.3 Å². The summed E-state index contributed by atoms with van der Waals surface area (Å²) in [4.78, 5) is 0. The topological polar surface area (TPSA) is 86.2 Å². The van der Waals surface area contributed by atoms with Gasteiger partial charge in [0.15, 0.2) is 5.82 Å². The lowest BCUT2D eigenvalue weighted by Gasteiger charge is -1.83. The largest absolute Gasteiger partial charge is 0.381 e. The molecule has 0 bridgehead atoms. The van der Waals surface area contributed by atoms with Crippen molar-refractivity contribution in [1.29, 1.82) is 0 Å². The Morgan fingerprint density at radius 1 is 1.70 bits per heavy atom. The van der Waals surface area contributed by atoms with Crippen LogP contribution in [0.5, 0.6) is 0 Å². The van der Waals surface area contributed by atoms with Crippen molar-refractivity contribution >= 4 is 15.7 Å². The van der Waals surface area contributed by atoms with Crippen LogP contribution in [0.25, 0.3) is 0 Å². The Bertz CT molecular complexity index is 326. The smallest absolute Gasteiger partial charge is 0.252 e. The van der Waals surface area contributed by atoms with Crippen LogP contribution in [-0.4, -0.2) is 19.8 Å². The number of rotatable bonds is 1.